The molecular formula is C37H56O14. The summed E-state index contributed by atoms with van der Waals surface area (Å²) < 4.78 is 52.1. The van der Waals surface area contributed by atoms with Crippen LogP contribution in [0.5, 0.6) is 0 Å². The summed E-state index contributed by atoms with van der Waals surface area (Å²) in [6, 6.07) is 0. The number of hydrogen-bond donors (Lipinski definition) is 2. The fourth-order valence-electron chi connectivity index (χ4n) is 7.38. The SMILES string of the molecule is COC1C(OCC2C=CC=CC(=O)C(C)CC(C)C(OC3OC(C)CC4(OC(=O)OC4C)C3O)C(C)C=CC(=O)OC2C)OC(C)C(O)C1OC. The quantitative estimate of drug-likeness (QED) is 0.366. The maximum atomic E-state index is 13.2. The molecule has 0 aliphatic carbocycles. The van der Waals surface area contributed by atoms with Crippen molar-refractivity contribution in [2.75, 3.05) is 20.8 Å². The Hall–Kier alpha value is -2.69. The molecule has 4 aliphatic heterocycles. The Morgan fingerprint density at radius 3 is 2.18 bits per heavy atom. The average molecular weight is 725 g/mol. The van der Waals surface area contributed by atoms with Gasteiger partial charge >= 0.3 is 12.1 Å². The number of cyclic esters (lactones) is 2. The third kappa shape index (κ3) is 9.65. The molecule has 16 atom stereocenters. The Balaban J connectivity index is 1.53. The Morgan fingerprint density at radius 1 is 0.824 bits per heavy atom. The van der Waals surface area contributed by atoms with E-state index >= 15 is 0 Å². The van der Waals surface area contributed by atoms with Crippen LogP contribution in [0.1, 0.15) is 61.3 Å². The number of ketones is 1. The fraction of sp³-hybridized carbons (Fsp3) is 0.757. The second-order valence-electron chi connectivity index (χ2n) is 14.4. The zero-order valence-corrected chi connectivity index (χ0v) is 31.0. The molecule has 0 radical (unpaired) electrons. The molecule has 1 spiro atoms. The minimum atomic E-state index is -1.36. The maximum Gasteiger partial charge on any atom is 0.509 e. The van der Waals surface area contributed by atoms with Gasteiger partial charge in [-0.3, -0.25) is 4.79 Å². The van der Waals surface area contributed by atoms with Crippen molar-refractivity contribution in [1.29, 1.82) is 0 Å². The van der Waals surface area contributed by atoms with Crippen LogP contribution >= 0.6 is 0 Å². The van der Waals surface area contributed by atoms with Gasteiger partial charge in [0, 0.05) is 44.5 Å². The minimum Gasteiger partial charge on any atom is -0.459 e. The molecule has 0 amide bonds. The summed E-state index contributed by atoms with van der Waals surface area (Å²) in [4.78, 5) is 38.4. The molecule has 4 aliphatic rings. The summed E-state index contributed by atoms with van der Waals surface area (Å²) in [6.45, 7) is 12.6. The van der Waals surface area contributed by atoms with Crippen molar-refractivity contribution in [2.24, 2.45) is 23.7 Å². The van der Waals surface area contributed by atoms with Gasteiger partial charge < -0.3 is 52.8 Å². The summed E-state index contributed by atoms with van der Waals surface area (Å²) in [5.41, 5.74) is -1.35. The van der Waals surface area contributed by atoms with Crippen molar-refractivity contribution in [3.8, 4) is 0 Å². The highest BCUT2D eigenvalue weighted by molar-refractivity contribution is 5.91. The summed E-state index contributed by atoms with van der Waals surface area (Å²) in [5, 5.41) is 22.0. The van der Waals surface area contributed by atoms with Crippen LogP contribution in [0.25, 0.3) is 0 Å². The Kier molecular flexibility index (Phi) is 14.4. The van der Waals surface area contributed by atoms with Crippen LogP contribution in [0, 0.1) is 23.7 Å². The Labute approximate surface area is 300 Å². The van der Waals surface area contributed by atoms with Gasteiger partial charge in [0.15, 0.2) is 24.0 Å². The second-order valence-corrected chi connectivity index (χ2v) is 14.4. The van der Waals surface area contributed by atoms with Crippen molar-refractivity contribution in [3.63, 3.8) is 0 Å². The van der Waals surface area contributed by atoms with Gasteiger partial charge in [0.1, 0.15) is 36.6 Å². The average Bonchev–Trinajstić information content (AvgIpc) is 3.36. The summed E-state index contributed by atoms with van der Waals surface area (Å²) in [6.07, 6.45) is 0.681. The number of rotatable bonds is 7. The van der Waals surface area contributed by atoms with E-state index in [2.05, 4.69) is 0 Å². The molecule has 14 heteroatoms. The standard InChI is InChI=1S/C37H56O14/c1-19-14-15-28(39)47-23(5)26(18-45-34-32(44-9)31(43-8)29(40)24(6)48-34)12-10-11-13-27(38)20(2)16-21(3)30(19)50-35-33(41)37(17-22(4)46-35)25(7)49-36(42)51-37/h10-15,19-26,29-35,40-41H,16-18H2,1-9H3. The van der Waals surface area contributed by atoms with Crippen LogP contribution in [0.15, 0.2) is 36.5 Å². The van der Waals surface area contributed by atoms with E-state index in [1.54, 1.807) is 52.0 Å². The van der Waals surface area contributed by atoms with Crippen molar-refractivity contribution in [1.82, 2.24) is 0 Å². The molecule has 0 aromatic rings. The maximum absolute atomic E-state index is 13.2. The van der Waals surface area contributed by atoms with E-state index in [1.807, 2.05) is 20.8 Å². The molecule has 0 bridgehead atoms. The summed E-state index contributed by atoms with van der Waals surface area (Å²) in [5.74, 6) is -2.15. The van der Waals surface area contributed by atoms with Crippen molar-refractivity contribution in [2.45, 2.75) is 134 Å². The van der Waals surface area contributed by atoms with E-state index in [-0.39, 0.29) is 30.6 Å². The molecule has 16 unspecified atom stereocenters. The number of allylic oxidation sites excluding steroid dienone is 3. The minimum absolute atomic E-state index is 0.0586. The van der Waals surface area contributed by atoms with Crippen LogP contribution in [0.4, 0.5) is 4.79 Å². The van der Waals surface area contributed by atoms with Gasteiger partial charge in [-0.05, 0) is 46.1 Å². The van der Waals surface area contributed by atoms with Crippen molar-refractivity contribution in [3.05, 3.63) is 36.5 Å². The molecule has 2 N–H and O–H groups in total. The lowest BCUT2D eigenvalue weighted by Gasteiger charge is -2.46. The summed E-state index contributed by atoms with van der Waals surface area (Å²) >= 11 is 0. The summed E-state index contributed by atoms with van der Waals surface area (Å²) in [7, 11) is 2.96. The van der Waals surface area contributed by atoms with Gasteiger partial charge in [-0.2, -0.15) is 0 Å². The van der Waals surface area contributed by atoms with Gasteiger partial charge in [0.05, 0.1) is 24.9 Å². The fourth-order valence-corrected chi connectivity index (χ4v) is 7.38. The Morgan fingerprint density at radius 2 is 1.53 bits per heavy atom. The lowest BCUT2D eigenvalue weighted by atomic mass is 9.82. The first-order chi connectivity index (χ1) is 24.1. The van der Waals surface area contributed by atoms with Crippen LogP contribution < -0.4 is 0 Å². The van der Waals surface area contributed by atoms with E-state index in [1.165, 1.54) is 26.4 Å². The van der Waals surface area contributed by atoms with Crippen LogP contribution in [-0.4, -0.2) is 122 Å². The lowest BCUT2D eigenvalue weighted by molar-refractivity contribution is -0.308. The third-order valence-electron chi connectivity index (χ3n) is 10.5. The number of ether oxygens (including phenoxy) is 9. The van der Waals surface area contributed by atoms with Gasteiger partial charge in [0.2, 0.25) is 0 Å². The molecular weight excluding hydrogens is 668 g/mol. The zero-order chi connectivity index (χ0) is 37.6. The van der Waals surface area contributed by atoms with Crippen molar-refractivity contribution >= 4 is 17.9 Å². The number of carbonyl (C=O) groups is 3. The van der Waals surface area contributed by atoms with E-state index in [4.69, 9.17) is 42.6 Å². The largest absolute Gasteiger partial charge is 0.509 e. The molecule has 51 heavy (non-hydrogen) atoms. The smallest absolute Gasteiger partial charge is 0.459 e. The molecule has 0 aromatic heterocycles. The molecule has 0 aromatic carbocycles. The van der Waals surface area contributed by atoms with E-state index in [0.717, 1.165) is 0 Å². The second kappa shape index (κ2) is 17.9. The third-order valence-corrected chi connectivity index (χ3v) is 10.5. The first-order valence-corrected chi connectivity index (χ1v) is 17.8. The number of carbonyl (C=O) groups excluding carboxylic acids is 3. The van der Waals surface area contributed by atoms with E-state index < -0.39 is 97.1 Å². The normalized spacial score (nSPS) is 44.3. The van der Waals surface area contributed by atoms with Crippen LogP contribution in [-0.2, 0) is 52.2 Å². The number of esters is 1. The van der Waals surface area contributed by atoms with Gasteiger partial charge in [-0.15, -0.1) is 0 Å². The van der Waals surface area contributed by atoms with Gasteiger partial charge in [-0.1, -0.05) is 45.1 Å². The lowest BCUT2D eigenvalue weighted by Crippen LogP contribution is -2.62. The number of hydrogen-bond acceptors (Lipinski definition) is 14. The van der Waals surface area contributed by atoms with Gasteiger partial charge in [-0.25, -0.2) is 9.59 Å². The van der Waals surface area contributed by atoms with E-state index in [0.29, 0.717) is 6.42 Å². The van der Waals surface area contributed by atoms with Gasteiger partial charge in [0.25, 0.3) is 0 Å². The topological polar surface area (TPSA) is 175 Å². The highest BCUT2D eigenvalue weighted by Crippen LogP contribution is 2.42. The predicted octanol–water partition coefficient (Wildman–Crippen LogP) is 3.41. The first kappa shape index (κ1) is 41.1. The monoisotopic (exact) mass is 724 g/mol. The zero-order valence-electron chi connectivity index (χ0n) is 31.0. The number of methoxy groups -OCH3 is 2. The number of aliphatic hydroxyl groups excluding tert-OH is 2. The van der Waals surface area contributed by atoms with Crippen LogP contribution in [0.3, 0.4) is 0 Å². The Bertz CT molecular complexity index is 1280. The van der Waals surface area contributed by atoms with Crippen LogP contribution in [0.2, 0.25) is 0 Å². The molecule has 3 fully saturated rings. The molecule has 3 saturated heterocycles. The predicted molar refractivity (Wildman–Crippen MR) is 181 cm³/mol. The first-order valence-electron chi connectivity index (χ1n) is 17.8. The highest BCUT2D eigenvalue weighted by Gasteiger charge is 2.61. The molecule has 288 valence electrons. The highest BCUT2D eigenvalue weighted by atomic mass is 16.8. The molecule has 0 saturated carbocycles. The molecule has 4 heterocycles. The molecule has 14 nitrogen and oxygen atoms in total. The van der Waals surface area contributed by atoms with E-state index in [9.17, 15) is 24.6 Å². The number of aliphatic hydroxyl groups is 2. The van der Waals surface area contributed by atoms with Crippen molar-refractivity contribution < 1.29 is 67.2 Å². The molecule has 4 rings (SSSR count).